The zero-order valence-corrected chi connectivity index (χ0v) is 18.0. The Morgan fingerprint density at radius 3 is 2.73 bits per heavy atom. The summed E-state index contributed by atoms with van der Waals surface area (Å²) in [4.78, 5) is 4.58. The molecular formula is C20H28IN3O2. The highest BCUT2D eigenvalue weighted by atomic mass is 127. The Hall–Kier alpha value is -1.12. The Kier molecular flexibility index (Phi) is 6.58. The van der Waals surface area contributed by atoms with Gasteiger partial charge in [-0.1, -0.05) is 26.0 Å². The summed E-state index contributed by atoms with van der Waals surface area (Å²) in [6, 6.07) is 0.649. The van der Waals surface area contributed by atoms with Crippen LogP contribution in [0, 0.1) is 11.8 Å². The fraction of sp³-hybridized carbons (Fsp3) is 0.550. The van der Waals surface area contributed by atoms with Gasteiger partial charge in [0.25, 0.3) is 0 Å². The summed E-state index contributed by atoms with van der Waals surface area (Å²) < 4.78 is 11.1. The van der Waals surface area contributed by atoms with Crippen LogP contribution in [0.2, 0.25) is 0 Å². The van der Waals surface area contributed by atoms with Crippen molar-refractivity contribution in [1.29, 1.82) is 0 Å². The van der Waals surface area contributed by atoms with E-state index in [4.69, 9.17) is 7.80 Å². The van der Waals surface area contributed by atoms with Gasteiger partial charge in [-0.15, -0.1) is 0 Å². The van der Waals surface area contributed by atoms with Crippen molar-refractivity contribution in [3.05, 3.63) is 46.9 Å². The minimum absolute atomic E-state index is 0.0632. The van der Waals surface area contributed by atoms with Gasteiger partial charge in [0.2, 0.25) is 0 Å². The number of likely N-dealkylation sites (N-methyl/N-ethyl adjacent to an activating group) is 1. The lowest BCUT2D eigenvalue weighted by Gasteiger charge is -2.37. The first-order valence-corrected chi connectivity index (χ1v) is 10.1. The van der Waals surface area contributed by atoms with Crippen LogP contribution in [0.25, 0.3) is 0 Å². The summed E-state index contributed by atoms with van der Waals surface area (Å²) in [5, 5.41) is 6.98. The lowest BCUT2D eigenvalue weighted by molar-refractivity contribution is 0.154. The fourth-order valence-corrected chi connectivity index (χ4v) is 4.47. The predicted molar refractivity (Wildman–Crippen MR) is 114 cm³/mol. The summed E-state index contributed by atoms with van der Waals surface area (Å²) in [6.45, 7) is 5.35. The SMILES string of the molecule is CCC(CNC)NC1=CC(C2=CC=C(OC)[C@H](OI)[C@@H]2C)=CC2C=NC12. The van der Waals surface area contributed by atoms with Crippen LogP contribution in [-0.2, 0) is 7.80 Å². The van der Waals surface area contributed by atoms with Gasteiger partial charge in [0.05, 0.1) is 7.11 Å². The molecule has 0 spiro atoms. The van der Waals surface area contributed by atoms with E-state index in [1.165, 1.54) is 16.8 Å². The van der Waals surface area contributed by atoms with E-state index in [0.717, 1.165) is 18.7 Å². The van der Waals surface area contributed by atoms with Crippen LogP contribution in [0.1, 0.15) is 20.3 Å². The van der Waals surface area contributed by atoms with E-state index in [9.17, 15) is 0 Å². The molecule has 1 aliphatic heterocycles. The number of halogens is 1. The molecule has 0 saturated carbocycles. The first kappa shape index (κ1) is 19.6. The highest BCUT2D eigenvalue weighted by Crippen LogP contribution is 2.39. The highest BCUT2D eigenvalue weighted by molar-refractivity contribution is 14.1. The van der Waals surface area contributed by atoms with Crippen LogP contribution in [0.5, 0.6) is 0 Å². The third kappa shape index (κ3) is 3.77. The van der Waals surface area contributed by atoms with E-state index in [0.29, 0.717) is 12.0 Å². The molecule has 0 aromatic rings. The van der Waals surface area contributed by atoms with Crippen molar-refractivity contribution >= 4 is 29.2 Å². The van der Waals surface area contributed by atoms with Gasteiger partial charge in [-0.25, -0.2) is 0 Å². The monoisotopic (exact) mass is 469 g/mol. The van der Waals surface area contributed by atoms with Crippen molar-refractivity contribution in [2.24, 2.45) is 16.8 Å². The van der Waals surface area contributed by atoms with Gasteiger partial charge in [0.1, 0.15) is 40.9 Å². The number of nitrogens with one attached hydrogen (secondary N) is 2. The largest absolute Gasteiger partial charge is 0.498 e. The number of methoxy groups -OCH3 is 1. The topological polar surface area (TPSA) is 54.9 Å². The van der Waals surface area contributed by atoms with Gasteiger partial charge < -0.3 is 18.4 Å². The highest BCUT2D eigenvalue weighted by Gasteiger charge is 2.36. The number of allylic oxidation sites excluding steroid dienone is 4. The summed E-state index contributed by atoms with van der Waals surface area (Å²) in [7, 11) is 3.69. The van der Waals surface area contributed by atoms with Crippen molar-refractivity contribution in [1.82, 2.24) is 10.6 Å². The molecule has 2 aliphatic carbocycles. The maximum Gasteiger partial charge on any atom is 0.133 e. The maximum atomic E-state index is 5.67. The molecule has 0 saturated heterocycles. The molecule has 2 N–H and O–H groups in total. The zero-order valence-electron chi connectivity index (χ0n) is 15.8. The first-order valence-electron chi connectivity index (χ1n) is 9.24. The quantitative estimate of drug-likeness (QED) is 0.536. The average Bonchev–Trinajstić information content (AvgIpc) is 2.62. The molecule has 5 nitrogen and oxygen atoms in total. The molecule has 1 heterocycles. The van der Waals surface area contributed by atoms with E-state index in [2.05, 4.69) is 53.9 Å². The van der Waals surface area contributed by atoms with E-state index in [1.54, 1.807) is 7.11 Å². The smallest absolute Gasteiger partial charge is 0.133 e. The number of fused-ring (bicyclic) bond motifs is 1. The third-order valence-corrected chi connectivity index (χ3v) is 5.96. The molecule has 0 amide bonds. The van der Waals surface area contributed by atoms with Crippen molar-refractivity contribution in [2.45, 2.75) is 38.5 Å². The number of nitrogens with zero attached hydrogens (tertiary/aromatic N) is 1. The molecule has 142 valence electrons. The Bertz CT molecular complexity index is 681. The van der Waals surface area contributed by atoms with Gasteiger partial charge in [0.15, 0.2) is 0 Å². The van der Waals surface area contributed by atoms with Crippen molar-refractivity contribution < 1.29 is 7.80 Å². The van der Waals surface area contributed by atoms with E-state index in [1.807, 2.05) is 36.1 Å². The fourth-order valence-electron chi connectivity index (χ4n) is 3.78. The minimum Gasteiger partial charge on any atom is -0.498 e. The second-order valence-electron chi connectivity index (χ2n) is 7.04. The van der Waals surface area contributed by atoms with Crippen LogP contribution >= 0.6 is 23.0 Å². The number of hydrogen-bond acceptors (Lipinski definition) is 5. The van der Waals surface area contributed by atoms with Crippen LogP contribution < -0.4 is 10.6 Å². The molecule has 6 heteroatoms. The molecule has 0 bridgehead atoms. The molecule has 3 unspecified atom stereocenters. The van der Waals surface area contributed by atoms with Crippen LogP contribution in [0.3, 0.4) is 0 Å². The summed E-state index contributed by atoms with van der Waals surface area (Å²) >= 11 is 1.97. The van der Waals surface area contributed by atoms with E-state index < -0.39 is 0 Å². The summed E-state index contributed by atoms with van der Waals surface area (Å²) in [5.41, 5.74) is 3.77. The molecule has 26 heavy (non-hydrogen) atoms. The minimum atomic E-state index is -0.0632. The lowest BCUT2D eigenvalue weighted by atomic mass is 9.78. The van der Waals surface area contributed by atoms with Crippen molar-refractivity contribution in [3.63, 3.8) is 0 Å². The number of hydrogen-bond donors (Lipinski definition) is 2. The normalized spacial score (nSPS) is 31.0. The molecule has 0 aromatic heterocycles. The molecule has 3 rings (SSSR count). The average molecular weight is 469 g/mol. The van der Waals surface area contributed by atoms with Crippen molar-refractivity contribution in [2.75, 3.05) is 20.7 Å². The predicted octanol–water partition coefficient (Wildman–Crippen LogP) is 3.31. The Morgan fingerprint density at radius 1 is 1.35 bits per heavy atom. The number of rotatable bonds is 8. The second-order valence-corrected chi connectivity index (χ2v) is 7.55. The van der Waals surface area contributed by atoms with Gasteiger partial charge in [-0.3, -0.25) is 4.99 Å². The van der Waals surface area contributed by atoms with Gasteiger partial charge >= 0.3 is 0 Å². The Balaban J connectivity index is 1.87. The summed E-state index contributed by atoms with van der Waals surface area (Å²) in [6.07, 6.45) is 11.9. The second kappa shape index (κ2) is 8.71. The maximum absolute atomic E-state index is 5.67. The van der Waals surface area contributed by atoms with Gasteiger partial charge in [0, 0.05) is 36.3 Å². The van der Waals surface area contributed by atoms with Crippen molar-refractivity contribution in [3.8, 4) is 0 Å². The Labute approximate surface area is 170 Å². The third-order valence-electron chi connectivity index (χ3n) is 5.42. The van der Waals surface area contributed by atoms with Crippen LogP contribution in [0.4, 0.5) is 0 Å². The standard InChI is InChI=1S/C20H28IN3O2/c1-5-15(11-22-3)24-17-9-13(8-14-10-23-19(14)17)16-6-7-18(25-4)20(26-21)12(16)2/h6-10,12,14-15,19-20,22,24H,5,11H2,1-4H3/t12-,14?,15?,19?,20-/m1/s1. The number of ether oxygens (including phenoxy) is 1. The molecule has 0 aromatic carbocycles. The van der Waals surface area contributed by atoms with Gasteiger partial charge in [-0.05, 0) is 36.8 Å². The van der Waals surface area contributed by atoms with Crippen LogP contribution in [0.15, 0.2) is 51.9 Å². The molecule has 3 aliphatic rings. The lowest BCUT2D eigenvalue weighted by Crippen LogP contribution is -2.44. The van der Waals surface area contributed by atoms with Crippen LogP contribution in [-0.4, -0.2) is 45.1 Å². The Morgan fingerprint density at radius 2 is 2.15 bits per heavy atom. The summed E-state index contributed by atoms with van der Waals surface area (Å²) in [5.74, 6) is 1.48. The molecule has 0 fully saturated rings. The first-order chi connectivity index (χ1) is 12.6. The van der Waals surface area contributed by atoms with Gasteiger partial charge in [-0.2, -0.15) is 0 Å². The molecule has 5 atom stereocenters. The zero-order chi connectivity index (χ0) is 18.7. The van der Waals surface area contributed by atoms with E-state index >= 15 is 0 Å². The number of aliphatic imine (C=N–C) groups is 1. The van der Waals surface area contributed by atoms with E-state index in [-0.39, 0.29) is 18.1 Å². The molecule has 0 radical (unpaired) electrons. The molecular weight excluding hydrogens is 441 g/mol.